The number of anilines is 1. The number of nitro benzene ring substituents is 1. The van der Waals surface area contributed by atoms with Crippen LogP contribution < -0.4 is 14.8 Å². The zero-order valence-electron chi connectivity index (χ0n) is 11.8. The summed E-state index contributed by atoms with van der Waals surface area (Å²) < 4.78 is 10.7. The molecule has 6 heteroatoms. The smallest absolute Gasteiger partial charge is 0.333 e. The average molecular weight is 288 g/mol. The van der Waals surface area contributed by atoms with Crippen LogP contribution in [0.2, 0.25) is 0 Å². The molecular weight excluding hydrogens is 272 g/mol. The van der Waals surface area contributed by atoms with Gasteiger partial charge in [0, 0.05) is 7.05 Å². The summed E-state index contributed by atoms with van der Waals surface area (Å²) >= 11 is 0. The summed E-state index contributed by atoms with van der Waals surface area (Å²) in [5.74, 6) is 0.990. The predicted octanol–water partition coefficient (Wildman–Crippen LogP) is 3.22. The molecule has 0 aromatic heterocycles. The largest absolute Gasteiger partial charge is 0.497 e. The molecule has 6 nitrogen and oxygen atoms in total. The van der Waals surface area contributed by atoms with Crippen LogP contribution in [0.15, 0.2) is 42.5 Å². The van der Waals surface area contributed by atoms with E-state index in [1.807, 2.05) is 24.3 Å². The van der Waals surface area contributed by atoms with Crippen LogP contribution in [0.5, 0.6) is 11.5 Å². The summed E-state index contributed by atoms with van der Waals surface area (Å²) in [7, 11) is 3.23. The molecule has 21 heavy (non-hydrogen) atoms. The topological polar surface area (TPSA) is 73.6 Å². The molecule has 0 atom stereocenters. The molecule has 1 N–H and O–H groups in total. The molecule has 0 heterocycles. The summed E-state index contributed by atoms with van der Waals surface area (Å²) in [6.45, 7) is 0.248. The molecule has 2 aromatic carbocycles. The van der Waals surface area contributed by atoms with E-state index in [2.05, 4.69) is 5.32 Å². The van der Waals surface area contributed by atoms with Gasteiger partial charge in [-0.2, -0.15) is 0 Å². The van der Waals surface area contributed by atoms with Crippen LogP contribution >= 0.6 is 0 Å². The van der Waals surface area contributed by atoms with Crippen molar-refractivity contribution < 1.29 is 14.4 Å². The van der Waals surface area contributed by atoms with Crippen molar-refractivity contribution in [2.24, 2.45) is 0 Å². The van der Waals surface area contributed by atoms with E-state index in [0.29, 0.717) is 5.69 Å². The number of rotatable bonds is 6. The average Bonchev–Trinajstić information content (AvgIpc) is 2.52. The third-order valence-corrected chi connectivity index (χ3v) is 3.00. The first-order chi connectivity index (χ1) is 10.2. The Hall–Kier alpha value is -2.76. The molecule has 0 aliphatic heterocycles. The second-order valence-corrected chi connectivity index (χ2v) is 4.30. The van der Waals surface area contributed by atoms with Gasteiger partial charge in [0.05, 0.1) is 12.0 Å². The van der Waals surface area contributed by atoms with Crippen molar-refractivity contribution in [3.8, 4) is 11.5 Å². The molecule has 0 unspecified atom stereocenters. The van der Waals surface area contributed by atoms with Crippen molar-refractivity contribution in [2.45, 2.75) is 6.61 Å². The highest BCUT2D eigenvalue weighted by molar-refractivity contribution is 5.68. The normalized spacial score (nSPS) is 10.0. The maximum Gasteiger partial charge on any atom is 0.333 e. The van der Waals surface area contributed by atoms with Gasteiger partial charge in [-0.1, -0.05) is 18.2 Å². The third kappa shape index (κ3) is 3.42. The Morgan fingerprint density at radius 3 is 2.48 bits per heavy atom. The Morgan fingerprint density at radius 2 is 1.90 bits per heavy atom. The molecule has 0 amide bonds. The van der Waals surface area contributed by atoms with E-state index in [9.17, 15) is 10.1 Å². The van der Waals surface area contributed by atoms with Gasteiger partial charge in [-0.15, -0.1) is 0 Å². The highest BCUT2D eigenvalue weighted by atomic mass is 16.6. The molecule has 0 saturated carbocycles. The number of hydrogen-bond acceptors (Lipinski definition) is 5. The maximum atomic E-state index is 11.2. The molecule has 0 saturated heterocycles. The minimum absolute atomic E-state index is 0.0616. The number of hydrogen-bond donors (Lipinski definition) is 1. The number of benzene rings is 2. The standard InChI is InChI=1S/C15H16N2O4/c1-16-13-4-3-5-14(15(13)17(18)19)21-10-11-6-8-12(20-2)9-7-11/h3-9,16H,10H2,1-2H3. The van der Waals surface area contributed by atoms with E-state index in [1.54, 1.807) is 32.4 Å². The van der Waals surface area contributed by atoms with Crippen molar-refractivity contribution in [2.75, 3.05) is 19.5 Å². The molecule has 0 fully saturated rings. The van der Waals surface area contributed by atoms with Crippen molar-refractivity contribution in [3.63, 3.8) is 0 Å². The van der Waals surface area contributed by atoms with Crippen molar-refractivity contribution in [3.05, 3.63) is 58.1 Å². The van der Waals surface area contributed by atoms with Crippen LogP contribution in [0.4, 0.5) is 11.4 Å². The monoisotopic (exact) mass is 288 g/mol. The van der Waals surface area contributed by atoms with Crippen LogP contribution in [-0.2, 0) is 6.61 Å². The van der Waals surface area contributed by atoms with Crippen LogP contribution in [0.1, 0.15) is 5.56 Å². The van der Waals surface area contributed by atoms with Crippen molar-refractivity contribution in [1.29, 1.82) is 0 Å². The van der Waals surface area contributed by atoms with Gasteiger partial charge in [0.2, 0.25) is 0 Å². The van der Waals surface area contributed by atoms with Crippen molar-refractivity contribution >= 4 is 11.4 Å². The molecular formula is C15H16N2O4. The minimum Gasteiger partial charge on any atom is -0.497 e. The van der Waals surface area contributed by atoms with E-state index >= 15 is 0 Å². The summed E-state index contributed by atoms with van der Waals surface area (Å²) in [6, 6.07) is 12.3. The molecule has 2 rings (SSSR count). The molecule has 0 bridgehead atoms. The predicted molar refractivity (Wildman–Crippen MR) is 80.0 cm³/mol. The van der Waals surface area contributed by atoms with E-state index in [0.717, 1.165) is 11.3 Å². The lowest BCUT2D eigenvalue weighted by Crippen LogP contribution is -2.02. The molecule has 0 aliphatic rings. The highest BCUT2D eigenvalue weighted by Gasteiger charge is 2.20. The number of nitro groups is 1. The summed E-state index contributed by atoms with van der Waals surface area (Å²) in [5.41, 5.74) is 1.26. The van der Waals surface area contributed by atoms with E-state index < -0.39 is 4.92 Å². The zero-order valence-corrected chi connectivity index (χ0v) is 11.8. The van der Waals surface area contributed by atoms with Crippen LogP contribution in [-0.4, -0.2) is 19.1 Å². The van der Waals surface area contributed by atoms with Gasteiger partial charge in [0.15, 0.2) is 5.75 Å². The lowest BCUT2D eigenvalue weighted by Gasteiger charge is -2.10. The van der Waals surface area contributed by atoms with Crippen LogP contribution in [0, 0.1) is 10.1 Å². The lowest BCUT2D eigenvalue weighted by atomic mass is 10.2. The summed E-state index contributed by atoms with van der Waals surface area (Å²) in [4.78, 5) is 10.7. The lowest BCUT2D eigenvalue weighted by molar-refractivity contribution is -0.385. The van der Waals surface area contributed by atoms with Gasteiger partial charge >= 0.3 is 5.69 Å². The van der Waals surface area contributed by atoms with Gasteiger partial charge < -0.3 is 14.8 Å². The van der Waals surface area contributed by atoms with Gasteiger partial charge in [-0.3, -0.25) is 10.1 Å². The highest BCUT2D eigenvalue weighted by Crippen LogP contribution is 2.34. The maximum absolute atomic E-state index is 11.2. The minimum atomic E-state index is -0.449. The molecule has 0 aliphatic carbocycles. The molecule has 0 radical (unpaired) electrons. The summed E-state index contributed by atoms with van der Waals surface area (Å²) in [6.07, 6.45) is 0. The Kier molecular flexibility index (Phi) is 4.61. The van der Waals surface area contributed by atoms with E-state index in [4.69, 9.17) is 9.47 Å². The molecule has 110 valence electrons. The Bertz CT molecular complexity index is 626. The Balaban J connectivity index is 2.17. The quantitative estimate of drug-likeness (QED) is 0.652. The van der Waals surface area contributed by atoms with Crippen molar-refractivity contribution in [1.82, 2.24) is 0 Å². The van der Waals surface area contributed by atoms with Gasteiger partial charge in [0.1, 0.15) is 18.0 Å². The molecule has 0 spiro atoms. The number of ether oxygens (including phenoxy) is 2. The number of para-hydroxylation sites is 1. The first-order valence-electron chi connectivity index (χ1n) is 6.36. The second kappa shape index (κ2) is 6.60. The zero-order chi connectivity index (χ0) is 15.2. The SMILES string of the molecule is CNc1cccc(OCc2ccc(OC)cc2)c1[N+](=O)[O-]. The fourth-order valence-electron chi connectivity index (χ4n) is 1.91. The fraction of sp³-hybridized carbons (Fsp3) is 0.200. The first kappa shape index (κ1) is 14.6. The van der Waals surface area contributed by atoms with Crippen LogP contribution in [0.25, 0.3) is 0 Å². The Labute approximate surface area is 122 Å². The Morgan fingerprint density at radius 1 is 1.19 bits per heavy atom. The number of nitrogens with zero attached hydrogens (tertiary/aromatic N) is 1. The fourth-order valence-corrected chi connectivity index (χ4v) is 1.91. The second-order valence-electron chi connectivity index (χ2n) is 4.30. The van der Waals surface area contributed by atoms with Gasteiger partial charge in [-0.25, -0.2) is 0 Å². The summed E-state index contributed by atoms with van der Waals surface area (Å²) in [5, 5.41) is 14.0. The van der Waals surface area contributed by atoms with Gasteiger partial charge in [0.25, 0.3) is 0 Å². The number of nitrogens with one attached hydrogen (secondary N) is 1. The third-order valence-electron chi connectivity index (χ3n) is 3.00. The van der Waals surface area contributed by atoms with Gasteiger partial charge in [-0.05, 0) is 29.8 Å². The number of methoxy groups -OCH3 is 1. The van der Waals surface area contributed by atoms with E-state index in [-0.39, 0.29) is 18.0 Å². The van der Waals surface area contributed by atoms with E-state index in [1.165, 1.54) is 0 Å². The molecule has 2 aromatic rings. The van der Waals surface area contributed by atoms with Crippen LogP contribution in [0.3, 0.4) is 0 Å². The first-order valence-corrected chi connectivity index (χ1v) is 6.36.